The monoisotopic (exact) mass is 414 g/mol. The zero-order valence-corrected chi connectivity index (χ0v) is 17.3. The minimum absolute atomic E-state index is 0.0754. The summed E-state index contributed by atoms with van der Waals surface area (Å²) in [5.74, 6) is 0.848. The third-order valence-corrected chi connectivity index (χ3v) is 6.83. The lowest BCUT2D eigenvalue weighted by Gasteiger charge is -2.34. The number of hydrogen-bond acceptors (Lipinski definition) is 5. The van der Waals surface area contributed by atoms with E-state index in [4.69, 9.17) is 4.74 Å². The summed E-state index contributed by atoms with van der Waals surface area (Å²) in [4.78, 5) is 28.9. The highest BCUT2D eigenvalue weighted by molar-refractivity contribution is 7.99. The SMILES string of the molecule is COCCNC(=O)c1cn[nH]c1C1CCCN(C(=O)C2CSc3ccccc32)C1. The number of carbonyl (C=O) groups excluding carboxylic acids is 2. The van der Waals surface area contributed by atoms with Gasteiger partial charge in [0.15, 0.2) is 0 Å². The molecule has 3 heterocycles. The quantitative estimate of drug-likeness (QED) is 0.709. The van der Waals surface area contributed by atoms with Gasteiger partial charge in [0, 0.05) is 43.3 Å². The zero-order valence-electron chi connectivity index (χ0n) is 16.5. The molecule has 0 bridgehead atoms. The van der Waals surface area contributed by atoms with E-state index in [1.54, 1.807) is 25.1 Å². The lowest BCUT2D eigenvalue weighted by atomic mass is 9.90. The molecule has 0 aliphatic carbocycles. The molecule has 4 rings (SSSR count). The van der Waals surface area contributed by atoms with E-state index in [1.807, 2.05) is 17.0 Å². The Morgan fingerprint density at radius 3 is 3.10 bits per heavy atom. The molecule has 0 spiro atoms. The van der Waals surface area contributed by atoms with Crippen LogP contribution >= 0.6 is 11.8 Å². The number of nitrogens with zero attached hydrogens (tertiary/aromatic N) is 2. The van der Waals surface area contributed by atoms with Crippen molar-refractivity contribution in [2.75, 3.05) is 39.1 Å². The highest BCUT2D eigenvalue weighted by Gasteiger charge is 2.35. The number of nitrogens with one attached hydrogen (secondary N) is 2. The number of likely N-dealkylation sites (tertiary alicyclic amines) is 1. The molecule has 1 saturated heterocycles. The van der Waals surface area contributed by atoms with Crippen molar-refractivity contribution >= 4 is 23.6 Å². The molecule has 0 saturated carbocycles. The predicted molar refractivity (Wildman–Crippen MR) is 111 cm³/mol. The van der Waals surface area contributed by atoms with E-state index in [0.717, 1.165) is 36.4 Å². The van der Waals surface area contributed by atoms with Crippen LogP contribution in [0.5, 0.6) is 0 Å². The minimum atomic E-state index is -0.157. The van der Waals surface area contributed by atoms with E-state index < -0.39 is 0 Å². The van der Waals surface area contributed by atoms with Crippen LogP contribution in [0.1, 0.15) is 46.3 Å². The van der Waals surface area contributed by atoms with Crippen molar-refractivity contribution < 1.29 is 14.3 Å². The van der Waals surface area contributed by atoms with Gasteiger partial charge >= 0.3 is 0 Å². The Labute approximate surface area is 174 Å². The Bertz CT molecular complexity index is 884. The molecule has 2 aliphatic heterocycles. The summed E-state index contributed by atoms with van der Waals surface area (Å²) in [5.41, 5.74) is 2.52. The van der Waals surface area contributed by atoms with Gasteiger partial charge in [-0.1, -0.05) is 18.2 Å². The van der Waals surface area contributed by atoms with Crippen LogP contribution in [0.4, 0.5) is 0 Å². The topological polar surface area (TPSA) is 87.3 Å². The number of hydrogen-bond donors (Lipinski definition) is 2. The molecule has 8 heteroatoms. The third-order valence-electron chi connectivity index (χ3n) is 5.64. The van der Waals surface area contributed by atoms with Crippen molar-refractivity contribution in [2.24, 2.45) is 0 Å². The first-order chi connectivity index (χ1) is 14.2. The van der Waals surface area contributed by atoms with Crippen LogP contribution in [0.2, 0.25) is 0 Å². The first-order valence-electron chi connectivity index (χ1n) is 10.00. The maximum Gasteiger partial charge on any atom is 0.254 e. The number of piperidine rings is 1. The van der Waals surface area contributed by atoms with Crippen LogP contribution in [0.15, 0.2) is 35.4 Å². The molecule has 2 aliphatic rings. The smallest absolute Gasteiger partial charge is 0.254 e. The van der Waals surface area contributed by atoms with E-state index in [-0.39, 0.29) is 23.7 Å². The zero-order chi connectivity index (χ0) is 20.2. The Kier molecular flexibility index (Phi) is 6.20. The van der Waals surface area contributed by atoms with Gasteiger partial charge in [-0.05, 0) is 24.5 Å². The second-order valence-corrected chi connectivity index (χ2v) is 8.53. The molecular formula is C21H26N4O3S. The molecule has 0 radical (unpaired) electrons. The van der Waals surface area contributed by atoms with Crippen molar-refractivity contribution in [3.05, 3.63) is 47.3 Å². The molecule has 1 aromatic heterocycles. The molecule has 154 valence electrons. The fraction of sp³-hybridized carbons (Fsp3) is 0.476. The van der Waals surface area contributed by atoms with Crippen LogP contribution in [-0.4, -0.2) is 66.0 Å². The predicted octanol–water partition coefficient (Wildman–Crippen LogP) is 2.38. The van der Waals surface area contributed by atoms with Gasteiger partial charge in [0.1, 0.15) is 0 Å². The van der Waals surface area contributed by atoms with Gasteiger partial charge in [-0.25, -0.2) is 0 Å². The largest absolute Gasteiger partial charge is 0.383 e. The lowest BCUT2D eigenvalue weighted by molar-refractivity contribution is -0.133. The van der Waals surface area contributed by atoms with Crippen molar-refractivity contribution in [2.45, 2.75) is 29.6 Å². The molecule has 7 nitrogen and oxygen atoms in total. The van der Waals surface area contributed by atoms with Crippen molar-refractivity contribution in [1.29, 1.82) is 0 Å². The molecule has 1 fully saturated rings. The second kappa shape index (κ2) is 9.00. The number of ether oxygens (including phenoxy) is 1. The summed E-state index contributed by atoms with van der Waals surface area (Å²) in [5, 5.41) is 9.96. The van der Waals surface area contributed by atoms with Crippen molar-refractivity contribution in [3.8, 4) is 0 Å². The summed E-state index contributed by atoms with van der Waals surface area (Å²) >= 11 is 1.76. The van der Waals surface area contributed by atoms with Crippen molar-refractivity contribution in [3.63, 3.8) is 0 Å². The van der Waals surface area contributed by atoms with Gasteiger partial charge < -0.3 is 15.0 Å². The first-order valence-corrected chi connectivity index (χ1v) is 11.0. The van der Waals surface area contributed by atoms with Gasteiger partial charge in [-0.3, -0.25) is 14.7 Å². The van der Waals surface area contributed by atoms with E-state index in [2.05, 4.69) is 27.6 Å². The Morgan fingerprint density at radius 2 is 2.24 bits per heavy atom. The molecule has 29 heavy (non-hydrogen) atoms. The number of thioether (sulfide) groups is 1. The summed E-state index contributed by atoms with van der Waals surface area (Å²) in [6.45, 7) is 2.30. The fourth-order valence-corrected chi connectivity index (χ4v) is 5.37. The third kappa shape index (κ3) is 4.18. The van der Waals surface area contributed by atoms with Crippen molar-refractivity contribution in [1.82, 2.24) is 20.4 Å². The normalized spacial score (nSPS) is 21.1. The molecule has 2 amide bonds. The summed E-state index contributed by atoms with van der Waals surface area (Å²) in [6, 6.07) is 8.18. The molecule has 2 N–H and O–H groups in total. The average molecular weight is 415 g/mol. The Hall–Kier alpha value is -2.32. The number of methoxy groups -OCH3 is 1. The standard InChI is InChI=1S/C21H26N4O3S/c1-28-10-8-22-20(26)16-11-23-24-19(16)14-5-4-9-25(12-14)21(27)17-13-29-18-7-3-2-6-15(17)18/h2-3,6-7,11,14,17H,4-5,8-10,12-13H2,1H3,(H,22,26)(H,23,24). The number of amides is 2. The van der Waals surface area contributed by atoms with Crippen LogP contribution < -0.4 is 5.32 Å². The first kappa shape index (κ1) is 20.0. The van der Waals surface area contributed by atoms with Gasteiger partial charge in [-0.15, -0.1) is 11.8 Å². The van der Waals surface area contributed by atoms with Gasteiger partial charge in [-0.2, -0.15) is 5.10 Å². The lowest BCUT2D eigenvalue weighted by Crippen LogP contribution is -2.42. The summed E-state index contributed by atoms with van der Waals surface area (Å²) in [6.07, 6.45) is 3.42. The molecule has 2 unspecified atom stereocenters. The van der Waals surface area contributed by atoms with Crippen LogP contribution in [0.3, 0.4) is 0 Å². The van der Waals surface area contributed by atoms with E-state index in [0.29, 0.717) is 25.3 Å². The number of fused-ring (bicyclic) bond motifs is 1. The number of benzene rings is 1. The number of aromatic amines is 1. The van der Waals surface area contributed by atoms with Gasteiger partial charge in [0.25, 0.3) is 5.91 Å². The van der Waals surface area contributed by atoms with Crippen LogP contribution in [-0.2, 0) is 9.53 Å². The van der Waals surface area contributed by atoms with Crippen LogP contribution in [0.25, 0.3) is 0 Å². The number of rotatable bonds is 6. The average Bonchev–Trinajstić information content (AvgIpc) is 3.41. The van der Waals surface area contributed by atoms with Gasteiger partial charge in [0.2, 0.25) is 5.91 Å². The van der Waals surface area contributed by atoms with Crippen LogP contribution in [0, 0.1) is 0 Å². The number of H-pyrrole nitrogens is 1. The number of aromatic nitrogens is 2. The maximum absolute atomic E-state index is 13.3. The highest BCUT2D eigenvalue weighted by atomic mass is 32.2. The van der Waals surface area contributed by atoms with E-state index in [1.165, 1.54) is 4.90 Å². The second-order valence-electron chi connectivity index (χ2n) is 7.47. The Morgan fingerprint density at radius 1 is 1.38 bits per heavy atom. The van der Waals surface area contributed by atoms with E-state index in [9.17, 15) is 9.59 Å². The summed E-state index contributed by atoms with van der Waals surface area (Å²) < 4.78 is 4.99. The molecular weight excluding hydrogens is 388 g/mol. The molecule has 2 aromatic rings. The fourth-order valence-electron chi connectivity index (χ4n) is 4.15. The van der Waals surface area contributed by atoms with Gasteiger partial charge in [0.05, 0.1) is 30.0 Å². The van der Waals surface area contributed by atoms with E-state index >= 15 is 0 Å². The Balaban J connectivity index is 1.45. The summed E-state index contributed by atoms with van der Waals surface area (Å²) in [7, 11) is 1.60. The minimum Gasteiger partial charge on any atom is -0.383 e. The molecule has 2 atom stereocenters. The molecule has 1 aromatic carbocycles. The highest BCUT2D eigenvalue weighted by Crippen LogP contribution is 2.41. The maximum atomic E-state index is 13.3. The number of carbonyl (C=O) groups is 2.